The van der Waals surface area contributed by atoms with Crippen molar-refractivity contribution >= 4 is 29.5 Å². The quantitative estimate of drug-likeness (QED) is 0.569. The summed E-state index contributed by atoms with van der Waals surface area (Å²) in [6.07, 6.45) is 1.45. The Morgan fingerprint density at radius 3 is 2.68 bits per heavy atom. The fourth-order valence-corrected chi connectivity index (χ4v) is 5.87. The van der Waals surface area contributed by atoms with Crippen LogP contribution >= 0.6 is 11.8 Å². The summed E-state index contributed by atoms with van der Waals surface area (Å²) >= 11 is 1.62. The van der Waals surface area contributed by atoms with E-state index in [2.05, 4.69) is 10.6 Å². The van der Waals surface area contributed by atoms with Crippen LogP contribution in [0.5, 0.6) is 0 Å². The molecule has 1 aromatic rings. The number of hydrogen-bond donors (Lipinski definition) is 2. The summed E-state index contributed by atoms with van der Waals surface area (Å²) in [6.45, 7) is 8.97. The molecule has 1 fully saturated rings. The SMILES string of the molecule is CCC(C)[C@H](NC(=O)[C@H]1N2C(=O)c3ccccc3C2SC1(C)C)C(=O)NCCCOC. The normalized spacial score (nSPS) is 23.1. The molecule has 31 heavy (non-hydrogen) atoms. The molecular formula is C23H33N3O4S. The molecule has 2 unspecified atom stereocenters. The smallest absolute Gasteiger partial charge is 0.256 e. The average Bonchev–Trinajstić information content (AvgIpc) is 3.18. The number of thioether (sulfide) groups is 1. The molecule has 3 rings (SSSR count). The standard InChI is InChI=1S/C23H33N3O4S/c1-6-14(2)17(19(27)24-12-9-13-30-5)25-20(28)18-23(3,4)31-22-16-11-8-7-10-15(16)21(29)26(18)22/h7-8,10-11,14,17-18,22H,6,9,12-13H2,1-5H3,(H,24,27)(H,25,28)/t14?,17-,18+,22?/m0/s1. The number of carbonyl (C=O) groups is 3. The van der Waals surface area contributed by atoms with Gasteiger partial charge in [0.15, 0.2) is 0 Å². The van der Waals surface area contributed by atoms with Crippen LogP contribution in [0.25, 0.3) is 0 Å². The van der Waals surface area contributed by atoms with Crippen molar-refractivity contribution in [3.8, 4) is 0 Å². The summed E-state index contributed by atoms with van der Waals surface area (Å²) < 4.78 is 4.54. The predicted octanol–water partition coefficient (Wildman–Crippen LogP) is 2.72. The van der Waals surface area contributed by atoms with E-state index in [0.717, 1.165) is 12.0 Å². The molecule has 4 atom stereocenters. The van der Waals surface area contributed by atoms with Crippen LogP contribution in [-0.2, 0) is 14.3 Å². The number of benzene rings is 1. The average molecular weight is 448 g/mol. The molecule has 2 aliphatic heterocycles. The first-order chi connectivity index (χ1) is 14.7. The van der Waals surface area contributed by atoms with E-state index in [4.69, 9.17) is 4.74 Å². The maximum Gasteiger partial charge on any atom is 0.256 e. The number of carbonyl (C=O) groups excluding carboxylic acids is 3. The van der Waals surface area contributed by atoms with Crippen LogP contribution in [0.15, 0.2) is 24.3 Å². The van der Waals surface area contributed by atoms with Gasteiger partial charge >= 0.3 is 0 Å². The van der Waals surface area contributed by atoms with Crippen molar-refractivity contribution in [3.63, 3.8) is 0 Å². The van der Waals surface area contributed by atoms with Crippen LogP contribution in [0.1, 0.15) is 61.8 Å². The maximum atomic E-state index is 13.5. The third-order valence-electron chi connectivity index (χ3n) is 6.16. The minimum absolute atomic E-state index is 0.0363. The van der Waals surface area contributed by atoms with E-state index in [1.165, 1.54) is 0 Å². The van der Waals surface area contributed by atoms with Crippen molar-refractivity contribution in [3.05, 3.63) is 35.4 Å². The van der Waals surface area contributed by atoms with E-state index in [9.17, 15) is 14.4 Å². The third kappa shape index (κ3) is 4.60. The van der Waals surface area contributed by atoms with Gasteiger partial charge in [-0.15, -0.1) is 11.8 Å². The zero-order valence-electron chi connectivity index (χ0n) is 18.9. The molecule has 3 amide bonds. The van der Waals surface area contributed by atoms with Crippen LogP contribution in [0.3, 0.4) is 0 Å². The number of rotatable bonds is 9. The fourth-order valence-electron chi connectivity index (χ4n) is 4.28. The van der Waals surface area contributed by atoms with Crippen LogP contribution in [0.4, 0.5) is 0 Å². The minimum atomic E-state index is -0.657. The third-order valence-corrected chi connectivity index (χ3v) is 7.70. The topological polar surface area (TPSA) is 87.7 Å². The lowest BCUT2D eigenvalue weighted by Crippen LogP contribution is -2.58. The number of nitrogens with zero attached hydrogens (tertiary/aromatic N) is 1. The van der Waals surface area contributed by atoms with Gasteiger partial charge in [0.05, 0.1) is 0 Å². The van der Waals surface area contributed by atoms with Gasteiger partial charge in [0, 0.05) is 30.6 Å². The lowest BCUT2D eigenvalue weighted by Gasteiger charge is -2.32. The van der Waals surface area contributed by atoms with Gasteiger partial charge in [0.2, 0.25) is 11.8 Å². The summed E-state index contributed by atoms with van der Waals surface area (Å²) in [5, 5.41) is 5.69. The summed E-state index contributed by atoms with van der Waals surface area (Å²) in [4.78, 5) is 41.2. The Bertz CT molecular complexity index is 844. The second-order valence-electron chi connectivity index (χ2n) is 8.79. The Morgan fingerprint density at radius 1 is 1.29 bits per heavy atom. The molecule has 8 heteroatoms. The van der Waals surface area contributed by atoms with Crippen LogP contribution < -0.4 is 10.6 Å². The van der Waals surface area contributed by atoms with E-state index >= 15 is 0 Å². The van der Waals surface area contributed by atoms with Crippen molar-refractivity contribution in [1.29, 1.82) is 0 Å². The molecule has 0 saturated carbocycles. The number of nitrogens with one attached hydrogen (secondary N) is 2. The molecule has 0 aliphatic carbocycles. The number of amides is 3. The van der Waals surface area contributed by atoms with E-state index in [1.54, 1.807) is 23.8 Å². The van der Waals surface area contributed by atoms with E-state index < -0.39 is 16.8 Å². The first kappa shape index (κ1) is 23.6. The van der Waals surface area contributed by atoms with Crippen molar-refractivity contribution < 1.29 is 19.1 Å². The lowest BCUT2D eigenvalue weighted by atomic mass is 9.95. The van der Waals surface area contributed by atoms with Crippen LogP contribution in [0.2, 0.25) is 0 Å². The molecule has 170 valence electrons. The molecule has 1 saturated heterocycles. The molecule has 2 aliphatic rings. The highest BCUT2D eigenvalue weighted by Crippen LogP contribution is 2.56. The molecule has 0 bridgehead atoms. The highest BCUT2D eigenvalue weighted by Gasteiger charge is 2.57. The lowest BCUT2D eigenvalue weighted by molar-refractivity contribution is -0.133. The monoisotopic (exact) mass is 447 g/mol. The van der Waals surface area contributed by atoms with Gasteiger partial charge in [0.1, 0.15) is 17.5 Å². The zero-order valence-corrected chi connectivity index (χ0v) is 19.8. The molecule has 0 aromatic heterocycles. The summed E-state index contributed by atoms with van der Waals surface area (Å²) in [5.74, 6) is -0.637. The highest BCUT2D eigenvalue weighted by atomic mass is 32.2. The molecule has 2 N–H and O–H groups in total. The van der Waals surface area contributed by atoms with Gasteiger partial charge in [-0.1, -0.05) is 38.5 Å². The molecule has 0 spiro atoms. The first-order valence-corrected chi connectivity index (χ1v) is 11.8. The number of fused-ring (bicyclic) bond motifs is 3. The Morgan fingerprint density at radius 2 is 2.00 bits per heavy atom. The molecule has 1 aromatic carbocycles. The van der Waals surface area contributed by atoms with Gasteiger partial charge in [-0.3, -0.25) is 14.4 Å². The molecule has 7 nitrogen and oxygen atoms in total. The highest BCUT2D eigenvalue weighted by molar-refractivity contribution is 8.01. The molecular weight excluding hydrogens is 414 g/mol. The molecule has 2 heterocycles. The van der Waals surface area contributed by atoms with Gasteiger partial charge in [-0.05, 0) is 37.8 Å². The van der Waals surface area contributed by atoms with Crippen molar-refractivity contribution in [2.75, 3.05) is 20.3 Å². The number of hydrogen-bond acceptors (Lipinski definition) is 5. The molecule has 0 radical (unpaired) electrons. The zero-order chi connectivity index (χ0) is 22.8. The summed E-state index contributed by atoms with van der Waals surface area (Å²) in [7, 11) is 1.62. The van der Waals surface area contributed by atoms with Gasteiger partial charge in [0.25, 0.3) is 5.91 Å². The van der Waals surface area contributed by atoms with Crippen molar-refractivity contribution in [2.24, 2.45) is 5.92 Å². The first-order valence-electron chi connectivity index (χ1n) is 10.9. The van der Waals surface area contributed by atoms with E-state index in [1.807, 2.05) is 52.0 Å². The Labute approximate surface area is 188 Å². The largest absolute Gasteiger partial charge is 0.385 e. The summed E-state index contributed by atoms with van der Waals surface area (Å²) in [6, 6.07) is 6.22. The Kier molecular flexibility index (Phi) is 7.31. The van der Waals surface area contributed by atoms with E-state index in [0.29, 0.717) is 25.1 Å². The minimum Gasteiger partial charge on any atom is -0.385 e. The van der Waals surface area contributed by atoms with Crippen LogP contribution in [0, 0.1) is 5.92 Å². The van der Waals surface area contributed by atoms with Gasteiger partial charge < -0.3 is 20.3 Å². The predicted molar refractivity (Wildman–Crippen MR) is 122 cm³/mol. The Hall–Kier alpha value is -2.06. The van der Waals surface area contributed by atoms with Crippen LogP contribution in [-0.4, -0.2) is 59.7 Å². The summed E-state index contributed by atoms with van der Waals surface area (Å²) in [5.41, 5.74) is 1.61. The van der Waals surface area contributed by atoms with E-state index in [-0.39, 0.29) is 29.0 Å². The van der Waals surface area contributed by atoms with Crippen molar-refractivity contribution in [2.45, 2.75) is 62.7 Å². The second-order valence-corrected chi connectivity index (χ2v) is 10.5. The van der Waals surface area contributed by atoms with Crippen molar-refractivity contribution in [1.82, 2.24) is 15.5 Å². The maximum absolute atomic E-state index is 13.5. The second kappa shape index (κ2) is 9.61. The van der Waals surface area contributed by atoms with Gasteiger partial charge in [-0.2, -0.15) is 0 Å². The number of methoxy groups -OCH3 is 1. The van der Waals surface area contributed by atoms with Gasteiger partial charge in [-0.25, -0.2) is 0 Å². The fraction of sp³-hybridized carbons (Fsp3) is 0.609. The number of ether oxygens (including phenoxy) is 1. The Balaban J connectivity index is 1.78.